The lowest BCUT2D eigenvalue weighted by Crippen LogP contribution is -2.47. The Kier molecular flexibility index (Phi) is 5.44. The number of hydrogen-bond donors (Lipinski definition) is 0. The Morgan fingerprint density at radius 1 is 1.10 bits per heavy atom. The summed E-state index contributed by atoms with van der Waals surface area (Å²) < 4.78 is 29.9. The zero-order valence-electron chi connectivity index (χ0n) is 16.1. The molecule has 2 fully saturated rings. The van der Waals surface area contributed by atoms with E-state index < -0.39 is 21.4 Å². The van der Waals surface area contributed by atoms with Gasteiger partial charge in [0.2, 0.25) is 0 Å². The summed E-state index contributed by atoms with van der Waals surface area (Å²) in [7, 11) is -1.46. The molecule has 0 saturated carbocycles. The summed E-state index contributed by atoms with van der Waals surface area (Å²) in [5.74, 6) is 0.843. The van der Waals surface area contributed by atoms with Gasteiger partial charge in [0.15, 0.2) is 9.84 Å². The number of nitrogens with zero attached hydrogens (tertiary/aromatic N) is 4. The molecule has 1 aromatic carbocycles. The van der Waals surface area contributed by atoms with Crippen LogP contribution in [0.5, 0.6) is 5.75 Å². The highest BCUT2D eigenvalue weighted by Crippen LogP contribution is 2.27. The van der Waals surface area contributed by atoms with Gasteiger partial charge in [0.1, 0.15) is 10.8 Å². The minimum Gasteiger partial charge on any atom is -0.497 e. The highest BCUT2D eigenvalue weighted by molar-refractivity contribution is 7.91. The fourth-order valence-corrected chi connectivity index (χ4v) is 5.83. The van der Waals surface area contributed by atoms with Crippen LogP contribution < -0.4 is 20.1 Å². The quantitative estimate of drug-likeness (QED) is 0.716. The summed E-state index contributed by atoms with van der Waals surface area (Å²) in [4.78, 5) is 17.0. The maximum Gasteiger partial charge on any atom is 0.287 e. The molecular weight excluding hydrogens is 416 g/mol. The molecule has 29 heavy (non-hydrogen) atoms. The first-order chi connectivity index (χ1) is 13.9. The van der Waals surface area contributed by atoms with Crippen LogP contribution in [0.3, 0.4) is 0 Å². The van der Waals surface area contributed by atoms with Gasteiger partial charge < -0.3 is 14.5 Å². The van der Waals surface area contributed by atoms with Crippen LogP contribution in [0.1, 0.15) is 12.5 Å². The molecule has 3 heterocycles. The van der Waals surface area contributed by atoms with Crippen molar-refractivity contribution in [1.82, 2.24) is 9.78 Å². The van der Waals surface area contributed by atoms with Crippen LogP contribution in [-0.4, -0.2) is 63.0 Å². The lowest BCUT2D eigenvalue weighted by atomic mass is 10.2. The SMILES string of the molecule is COc1ccc(N2CCN(c3cnn(C4CCS(=O)(=O)C4)c(=O)c3Cl)CC2)cc1. The van der Waals surface area contributed by atoms with Crippen molar-refractivity contribution in [3.05, 3.63) is 45.8 Å². The number of aromatic nitrogens is 2. The molecule has 0 aliphatic carbocycles. The maximum atomic E-state index is 12.7. The molecular formula is C19H23ClN4O4S. The number of anilines is 2. The van der Waals surface area contributed by atoms with Crippen molar-refractivity contribution in [2.24, 2.45) is 0 Å². The third-order valence-electron chi connectivity index (χ3n) is 5.54. The van der Waals surface area contributed by atoms with Crippen LogP contribution >= 0.6 is 11.6 Å². The number of piperazine rings is 1. The van der Waals surface area contributed by atoms with Crippen LogP contribution in [0.25, 0.3) is 0 Å². The van der Waals surface area contributed by atoms with Gasteiger partial charge in [-0.05, 0) is 30.7 Å². The average Bonchev–Trinajstić information content (AvgIpc) is 3.09. The Balaban J connectivity index is 1.47. The van der Waals surface area contributed by atoms with E-state index in [1.165, 1.54) is 4.68 Å². The average molecular weight is 439 g/mol. The van der Waals surface area contributed by atoms with Crippen LogP contribution in [0.15, 0.2) is 35.3 Å². The normalized spacial score (nSPS) is 21.4. The van der Waals surface area contributed by atoms with E-state index in [2.05, 4.69) is 10.00 Å². The van der Waals surface area contributed by atoms with Crippen molar-refractivity contribution < 1.29 is 13.2 Å². The van der Waals surface area contributed by atoms with E-state index in [0.29, 0.717) is 25.2 Å². The molecule has 1 atom stereocenters. The molecule has 156 valence electrons. The zero-order chi connectivity index (χ0) is 20.6. The van der Waals surface area contributed by atoms with E-state index in [0.717, 1.165) is 24.5 Å². The molecule has 1 unspecified atom stereocenters. The molecule has 10 heteroatoms. The standard InChI is InChI=1S/C19H23ClN4O4S/c1-28-16-4-2-14(3-5-16)22-7-9-23(10-8-22)17-12-21-24(19(25)18(17)20)15-6-11-29(26,27)13-15/h2-5,12,15H,6-11,13H2,1H3. The number of methoxy groups -OCH3 is 1. The number of sulfone groups is 1. The van der Waals surface area contributed by atoms with E-state index in [4.69, 9.17) is 16.3 Å². The van der Waals surface area contributed by atoms with Crippen molar-refractivity contribution in [2.45, 2.75) is 12.5 Å². The molecule has 2 aliphatic rings. The Morgan fingerprint density at radius 3 is 2.34 bits per heavy atom. The van der Waals surface area contributed by atoms with Gasteiger partial charge >= 0.3 is 0 Å². The smallest absolute Gasteiger partial charge is 0.287 e. The zero-order valence-corrected chi connectivity index (χ0v) is 17.7. The Bertz CT molecular complexity index is 1050. The summed E-state index contributed by atoms with van der Waals surface area (Å²) in [6, 6.07) is 7.49. The van der Waals surface area contributed by atoms with Gasteiger partial charge in [0, 0.05) is 31.9 Å². The monoisotopic (exact) mass is 438 g/mol. The lowest BCUT2D eigenvalue weighted by molar-refractivity contribution is 0.415. The summed E-state index contributed by atoms with van der Waals surface area (Å²) >= 11 is 6.38. The van der Waals surface area contributed by atoms with Crippen molar-refractivity contribution in [3.63, 3.8) is 0 Å². The van der Waals surface area contributed by atoms with Crippen molar-refractivity contribution in [1.29, 1.82) is 0 Å². The summed E-state index contributed by atoms with van der Waals surface area (Å²) in [5.41, 5.74) is 1.29. The van der Waals surface area contributed by atoms with E-state index in [1.807, 2.05) is 29.2 Å². The first-order valence-corrected chi connectivity index (χ1v) is 11.7. The summed E-state index contributed by atoms with van der Waals surface area (Å²) in [5, 5.41) is 4.34. The molecule has 4 rings (SSSR count). The minimum absolute atomic E-state index is 0.0594. The molecule has 1 aromatic heterocycles. The van der Waals surface area contributed by atoms with Crippen molar-refractivity contribution >= 4 is 32.8 Å². The fourth-order valence-electron chi connectivity index (χ4n) is 3.88. The van der Waals surface area contributed by atoms with Gasteiger partial charge in [-0.3, -0.25) is 4.79 Å². The van der Waals surface area contributed by atoms with E-state index in [1.54, 1.807) is 13.3 Å². The molecule has 0 spiro atoms. The van der Waals surface area contributed by atoms with E-state index in [9.17, 15) is 13.2 Å². The number of benzene rings is 1. The van der Waals surface area contributed by atoms with E-state index in [-0.39, 0.29) is 16.5 Å². The molecule has 0 radical (unpaired) electrons. The van der Waals surface area contributed by atoms with Gasteiger partial charge in [0.05, 0.1) is 36.5 Å². The molecule has 8 nitrogen and oxygen atoms in total. The third-order valence-corrected chi connectivity index (χ3v) is 7.64. The first-order valence-electron chi connectivity index (χ1n) is 9.49. The number of hydrogen-bond acceptors (Lipinski definition) is 7. The van der Waals surface area contributed by atoms with Crippen LogP contribution in [-0.2, 0) is 9.84 Å². The molecule has 0 bridgehead atoms. The highest BCUT2D eigenvalue weighted by atomic mass is 35.5. The second-order valence-corrected chi connectivity index (χ2v) is 9.93. The molecule has 2 aliphatic heterocycles. The van der Waals surface area contributed by atoms with Gasteiger partial charge in [0.25, 0.3) is 5.56 Å². The second-order valence-electron chi connectivity index (χ2n) is 7.32. The minimum atomic E-state index is -3.11. The number of rotatable bonds is 4. The molecule has 2 saturated heterocycles. The summed E-state index contributed by atoms with van der Waals surface area (Å²) in [6.07, 6.45) is 1.98. The van der Waals surface area contributed by atoms with Gasteiger partial charge in [-0.15, -0.1) is 0 Å². The molecule has 0 amide bonds. The maximum absolute atomic E-state index is 12.7. The predicted molar refractivity (Wildman–Crippen MR) is 113 cm³/mol. The lowest BCUT2D eigenvalue weighted by Gasteiger charge is -2.37. The van der Waals surface area contributed by atoms with Gasteiger partial charge in [-0.1, -0.05) is 11.6 Å². The summed E-state index contributed by atoms with van der Waals surface area (Å²) in [6.45, 7) is 2.97. The molecule has 0 N–H and O–H groups in total. The van der Waals surface area contributed by atoms with Crippen molar-refractivity contribution in [3.8, 4) is 5.75 Å². The Hall–Kier alpha value is -2.26. The second kappa shape index (κ2) is 7.87. The largest absolute Gasteiger partial charge is 0.497 e. The van der Waals surface area contributed by atoms with Crippen LogP contribution in [0, 0.1) is 0 Å². The van der Waals surface area contributed by atoms with E-state index >= 15 is 0 Å². The Morgan fingerprint density at radius 2 is 1.76 bits per heavy atom. The van der Waals surface area contributed by atoms with Gasteiger partial charge in [-0.25, -0.2) is 13.1 Å². The number of ether oxygens (including phenoxy) is 1. The van der Waals surface area contributed by atoms with Crippen LogP contribution in [0.2, 0.25) is 5.02 Å². The highest BCUT2D eigenvalue weighted by Gasteiger charge is 2.31. The predicted octanol–water partition coefficient (Wildman–Crippen LogP) is 1.59. The van der Waals surface area contributed by atoms with Gasteiger partial charge in [-0.2, -0.15) is 5.10 Å². The topological polar surface area (TPSA) is 84.7 Å². The number of halogens is 1. The van der Waals surface area contributed by atoms with Crippen LogP contribution in [0.4, 0.5) is 11.4 Å². The fraction of sp³-hybridized carbons (Fsp3) is 0.474. The Labute approximate surface area is 174 Å². The van der Waals surface area contributed by atoms with Crippen molar-refractivity contribution in [2.75, 3.05) is 54.6 Å². The third kappa shape index (κ3) is 4.06. The first kappa shape index (κ1) is 20.0. The molecule has 2 aromatic rings.